The van der Waals surface area contributed by atoms with Gasteiger partial charge in [-0.05, 0) is 25.6 Å². The van der Waals surface area contributed by atoms with E-state index < -0.39 is 5.54 Å². The van der Waals surface area contributed by atoms with Crippen LogP contribution < -0.4 is 14.8 Å². The number of rotatable bonds is 8. The second-order valence-electron chi connectivity index (χ2n) is 4.60. The predicted octanol–water partition coefficient (Wildman–Crippen LogP) is 2.01. The molecule has 1 rings (SSSR count). The van der Waals surface area contributed by atoms with Crippen molar-refractivity contribution < 1.29 is 19.0 Å². The third-order valence-electron chi connectivity index (χ3n) is 3.13. The van der Waals surface area contributed by atoms with Crippen molar-refractivity contribution in [2.45, 2.75) is 25.8 Å². The standard InChI is InChI=1S/C15H23NO4/c1-5-16-15(2,14(17)19-4)10-11-20-13-9-7-6-8-12(13)18-3/h6-9,16H,5,10-11H2,1-4H3. The number of carbonyl (C=O) groups is 1. The largest absolute Gasteiger partial charge is 0.493 e. The summed E-state index contributed by atoms with van der Waals surface area (Å²) in [6, 6.07) is 7.42. The number of nitrogens with one attached hydrogen (secondary N) is 1. The number of hydrogen-bond donors (Lipinski definition) is 1. The number of para-hydroxylation sites is 2. The second kappa shape index (κ2) is 7.75. The van der Waals surface area contributed by atoms with Crippen LogP contribution in [0.2, 0.25) is 0 Å². The minimum absolute atomic E-state index is 0.289. The van der Waals surface area contributed by atoms with E-state index in [1.54, 1.807) is 7.11 Å². The van der Waals surface area contributed by atoms with Gasteiger partial charge in [0.2, 0.25) is 0 Å². The molecule has 1 aromatic carbocycles. The van der Waals surface area contributed by atoms with E-state index in [-0.39, 0.29) is 5.97 Å². The first kappa shape index (κ1) is 16.3. The molecule has 5 nitrogen and oxygen atoms in total. The van der Waals surface area contributed by atoms with Gasteiger partial charge in [0.1, 0.15) is 5.54 Å². The maximum atomic E-state index is 11.8. The Kier molecular flexibility index (Phi) is 6.31. The van der Waals surface area contributed by atoms with Gasteiger partial charge in [0, 0.05) is 6.42 Å². The first-order valence-electron chi connectivity index (χ1n) is 6.66. The lowest BCUT2D eigenvalue weighted by Gasteiger charge is -2.27. The number of methoxy groups -OCH3 is 2. The molecule has 0 aliphatic heterocycles. The molecule has 5 heteroatoms. The number of likely N-dealkylation sites (N-methyl/N-ethyl adjacent to an activating group) is 1. The molecular formula is C15H23NO4. The van der Waals surface area contributed by atoms with Crippen molar-refractivity contribution in [2.24, 2.45) is 0 Å². The highest BCUT2D eigenvalue weighted by molar-refractivity contribution is 5.80. The number of ether oxygens (including phenoxy) is 3. The third kappa shape index (κ3) is 4.13. The highest BCUT2D eigenvalue weighted by Gasteiger charge is 2.33. The van der Waals surface area contributed by atoms with Crippen LogP contribution in [0.3, 0.4) is 0 Å². The fraction of sp³-hybridized carbons (Fsp3) is 0.533. The molecule has 1 atom stereocenters. The summed E-state index contributed by atoms with van der Waals surface area (Å²) in [4.78, 5) is 11.8. The molecule has 0 bridgehead atoms. The first-order valence-corrected chi connectivity index (χ1v) is 6.66. The Morgan fingerprint density at radius 3 is 2.45 bits per heavy atom. The lowest BCUT2D eigenvalue weighted by molar-refractivity contribution is -0.148. The van der Waals surface area contributed by atoms with Crippen LogP contribution in [0.5, 0.6) is 11.5 Å². The van der Waals surface area contributed by atoms with Crippen molar-refractivity contribution in [1.82, 2.24) is 5.32 Å². The normalized spacial score (nSPS) is 13.4. The van der Waals surface area contributed by atoms with Gasteiger partial charge in [0.05, 0.1) is 20.8 Å². The highest BCUT2D eigenvalue weighted by atomic mass is 16.5. The predicted molar refractivity (Wildman–Crippen MR) is 77.2 cm³/mol. The van der Waals surface area contributed by atoms with Gasteiger partial charge >= 0.3 is 5.97 Å². The van der Waals surface area contributed by atoms with Gasteiger partial charge in [-0.2, -0.15) is 0 Å². The van der Waals surface area contributed by atoms with Gasteiger partial charge < -0.3 is 19.5 Å². The summed E-state index contributed by atoms with van der Waals surface area (Å²) < 4.78 is 15.7. The van der Waals surface area contributed by atoms with Crippen LogP contribution in [0.15, 0.2) is 24.3 Å². The van der Waals surface area contributed by atoms with Crippen LogP contribution in [0.4, 0.5) is 0 Å². The lowest BCUT2D eigenvalue weighted by atomic mass is 9.98. The monoisotopic (exact) mass is 281 g/mol. The summed E-state index contributed by atoms with van der Waals surface area (Å²) in [7, 11) is 2.98. The van der Waals surface area contributed by atoms with Gasteiger partial charge in [-0.1, -0.05) is 19.1 Å². The van der Waals surface area contributed by atoms with E-state index in [4.69, 9.17) is 14.2 Å². The second-order valence-corrected chi connectivity index (χ2v) is 4.60. The Labute approximate surface area is 120 Å². The van der Waals surface area contributed by atoms with Gasteiger partial charge in [-0.15, -0.1) is 0 Å². The number of esters is 1. The number of hydrogen-bond acceptors (Lipinski definition) is 5. The Morgan fingerprint density at radius 1 is 1.25 bits per heavy atom. The Bertz CT molecular complexity index is 436. The summed E-state index contributed by atoms with van der Waals surface area (Å²) in [5.41, 5.74) is -0.745. The summed E-state index contributed by atoms with van der Waals surface area (Å²) in [5.74, 6) is 1.05. The number of benzene rings is 1. The van der Waals surface area contributed by atoms with Gasteiger partial charge in [0.25, 0.3) is 0 Å². The Morgan fingerprint density at radius 2 is 1.90 bits per heavy atom. The summed E-state index contributed by atoms with van der Waals surface area (Å²) >= 11 is 0. The molecule has 0 amide bonds. The van der Waals surface area contributed by atoms with E-state index in [0.29, 0.717) is 31.1 Å². The fourth-order valence-corrected chi connectivity index (χ4v) is 1.98. The van der Waals surface area contributed by atoms with Crippen molar-refractivity contribution in [2.75, 3.05) is 27.4 Å². The topological polar surface area (TPSA) is 56.8 Å². The van der Waals surface area contributed by atoms with Crippen LogP contribution in [0.1, 0.15) is 20.3 Å². The number of carbonyl (C=O) groups excluding carboxylic acids is 1. The third-order valence-corrected chi connectivity index (χ3v) is 3.13. The molecule has 0 aromatic heterocycles. The van der Waals surface area contributed by atoms with E-state index in [1.807, 2.05) is 38.1 Å². The van der Waals surface area contributed by atoms with Crippen LogP contribution >= 0.6 is 0 Å². The van der Waals surface area contributed by atoms with Gasteiger partial charge in [-0.3, -0.25) is 4.79 Å². The molecule has 20 heavy (non-hydrogen) atoms. The maximum Gasteiger partial charge on any atom is 0.325 e. The average Bonchev–Trinajstić information content (AvgIpc) is 2.47. The van der Waals surface area contributed by atoms with E-state index in [1.165, 1.54) is 7.11 Å². The summed E-state index contributed by atoms with van der Waals surface area (Å²) in [5, 5.41) is 3.14. The Hall–Kier alpha value is -1.75. The molecule has 0 aliphatic rings. The molecule has 1 N–H and O–H groups in total. The van der Waals surface area contributed by atoms with E-state index >= 15 is 0 Å². The summed E-state index contributed by atoms with van der Waals surface area (Å²) in [6.45, 7) is 4.83. The smallest absolute Gasteiger partial charge is 0.325 e. The zero-order chi connectivity index (χ0) is 15.0. The van der Waals surface area contributed by atoms with Crippen LogP contribution in [-0.4, -0.2) is 38.9 Å². The molecule has 0 fully saturated rings. The van der Waals surface area contributed by atoms with Crippen molar-refractivity contribution in [1.29, 1.82) is 0 Å². The van der Waals surface area contributed by atoms with Gasteiger partial charge in [-0.25, -0.2) is 0 Å². The van der Waals surface area contributed by atoms with Crippen molar-refractivity contribution in [3.8, 4) is 11.5 Å². The van der Waals surface area contributed by atoms with Crippen LogP contribution in [0.25, 0.3) is 0 Å². The average molecular weight is 281 g/mol. The Balaban J connectivity index is 2.62. The molecule has 0 saturated carbocycles. The molecule has 0 heterocycles. The zero-order valence-electron chi connectivity index (χ0n) is 12.6. The van der Waals surface area contributed by atoms with E-state index in [2.05, 4.69) is 5.32 Å². The highest BCUT2D eigenvalue weighted by Crippen LogP contribution is 2.26. The van der Waals surface area contributed by atoms with Crippen molar-refractivity contribution in [3.05, 3.63) is 24.3 Å². The zero-order valence-corrected chi connectivity index (χ0v) is 12.6. The molecule has 0 spiro atoms. The molecule has 1 unspecified atom stereocenters. The minimum Gasteiger partial charge on any atom is -0.493 e. The molecule has 0 saturated heterocycles. The minimum atomic E-state index is -0.745. The van der Waals surface area contributed by atoms with E-state index in [0.717, 1.165) is 0 Å². The van der Waals surface area contributed by atoms with E-state index in [9.17, 15) is 4.79 Å². The molecule has 0 radical (unpaired) electrons. The molecular weight excluding hydrogens is 258 g/mol. The van der Waals surface area contributed by atoms with Crippen LogP contribution in [0, 0.1) is 0 Å². The molecule has 112 valence electrons. The van der Waals surface area contributed by atoms with Crippen molar-refractivity contribution >= 4 is 5.97 Å². The quantitative estimate of drug-likeness (QED) is 0.739. The molecule has 1 aromatic rings. The first-order chi connectivity index (χ1) is 9.57. The SMILES string of the molecule is CCNC(C)(CCOc1ccccc1OC)C(=O)OC. The summed E-state index contributed by atoms with van der Waals surface area (Å²) in [6.07, 6.45) is 0.506. The van der Waals surface area contributed by atoms with Gasteiger partial charge in [0.15, 0.2) is 11.5 Å². The lowest BCUT2D eigenvalue weighted by Crippen LogP contribution is -2.51. The van der Waals surface area contributed by atoms with Crippen molar-refractivity contribution in [3.63, 3.8) is 0 Å². The molecule has 0 aliphatic carbocycles. The van der Waals surface area contributed by atoms with Crippen LogP contribution in [-0.2, 0) is 9.53 Å². The fourth-order valence-electron chi connectivity index (χ4n) is 1.98. The maximum absolute atomic E-state index is 11.8.